The summed E-state index contributed by atoms with van der Waals surface area (Å²) in [6.07, 6.45) is 0.199. The zero-order chi connectivity index (χ0) is 17.0. The molecule has 1 aliphatic heterocycles. The average Bonchev–Trinajstić information content (AvgIpc) is 2.43. The van der Waals surface area contributed by atoms with Crippen molar-refractivity contribution in [3.63, 3.8) is 0 Å². The van der Waals surface area contributed by atoms with Crippen molar-refractivity contribution in [1.82, 2.24) is 10.2 Å². The Bertz CT molecular complexity index is 385. The summed E-state index contributed by atoms with van der Waals surface area (Å²) < 4.78 is 81.7. The van der Waals surface area contributed by atoms with E-state index in [1.165, 1.54) is 5.32 Å². The molecule has 0 aromatic rings. The van der Waals surface area contributed by atoms with Gasteiger partial charge >= 0.3 is 17.2 Å². The van der Waals surface area contributed by atoms with Crippen LogP contribution in [0.2, 0.25) is 0 Å². The van der Waals surface area contributed by atoms with Crippen LogP contribution in [-0.2, 0) is 9.53 Å². The first-order chi connectivity index (χ1) is 10.00. The van der Waals surface area contributed by atoms with Crippen LogP contribution < -0.4 is 5.32 Å². The molecule has 1 heterocycles. The fraction of sp³-hybridized carbons (Fsp3) is 0.909. The van der Waals surface area contributed by atoms with Crippen LogP contribution in [0.1, 0.15) is 6.42 Å². The summed E-state index contributed by atoms with van der Waals surface area (Å²) in [5.41, 5.74) is 0. The third-order valence-corrected chi connectivity index (χ3v) is 3.31. The maximum atomic E-state index is 13.1. The van der Waals surface area contributed by atoms with Crippen molar-refractivity contribution in [3.05, 3.63) is 0 Å². The first kappa shape index (κ1) is 19.3. The van der Waals surface area contributed by atoms with Crippen molar-refractivity contribution in [2.75, 3.05) is 39.4 Å². The number of morpholine rings is 1. The van der Waals surface area contributed by atoms with Crippen LogP contribution in [0, 0.1) is 0 Å². The van der Waals surface area contributed by atoms with Gasteiger partial charge in [0.15, 0.2) is 0 Å². The van der Waals surface area contributed by atoms with E-state index in [1.54, 1.807) is 0 Å². The van der Waals surface area contributed by atoms with E-state index in [9.17, 15) is 31.1 Å². The molecule has 0 aliphatic carbocycles. The summed E-state index contributed by atoms with van der Waals surface area (Å²) in [4.78, 5) is 13.0. The molecule has 1 saturated heterocycles. The molecule has 0 bridgehead atoms. The van der Waals surface area contributed by atoms with Gasteiger partial charge < -0.3 is 10.1 Å². The highest BCUT2D eigenvalue weighted by atomic mass is 35.5. The number of nitrogens with zero attached hydrogens (tertiary/aromatic N) is 1. The molecule has 11 heteroatoms. The minimum absolute atomic E-state index is 0.199. The van der Waals surface area contributed by atoms with Gasteiger partial charge in [-0.3, -0.25) is 9.69 Å². The van der Waals surface area contributed by atoms with Crippen LogP contribution in [0.4, 0.5) is 26.3 Å². The van der Waals surface area contributed by atoms with Gasteiger partial charge in [0.2, 0.25) is 0 Å². The summed E-state index contributed by atoms with van der Waals surface area (Å²) in [5.74, 6) is -14.1. The van der Waals surface area contributed by atoms with Crippen LogP contribution in [0.25, 0.3) is 0 Å². The minimum atomic E-state index is -5.99. The van der Waals surface area contributed by atoms with Gasteiger partial charge in [0.05, 0.1) is 13.2 Å². The molecule has 1 fully saturated rings. The molecule has 1 aliphatic rings. The van der Waals surface area contributed by atoms with E-state index in [-0.39, 0.29) is 13.0 Å². The van der Waals surface area contributed by atoms with Crippen LogP contribution in [0.15, 0.2) is 0 Å². The predicted molar refractivity (Wildman–Crippen MR) is 65.6 cm³/mol. The molecule has 0 aromatic carbocycles. The fourth-order valence-electron chi connectivity index (χ4n) is 1.76. The van der Waals surface area contributed by atoms with E-state index < -0.39 is 23.1 Å². The Morgan fingerprint density at radius 1 is 1.14 bits per heavy atom. The third-order valence-electron chi connectivity index (χ3n) is 3.08. The topological polar surface area (TPSA) is 41.6 Å². The second-order valence-corrected chi connectivity index (χ2v) is 5.18. The van der Waals surface area contributed by atoms with Crippen LogP contribution in [0.3, 0.4) is 0 Å². The Morgan fingerprint density at radius 2 is 1.68 bits per heavy atom. The molecule has 0 atom stereocenters. The van der Waals surface area contributed by atoms with Crippen LogP contribution >= 0.6 is 11.6 Å². The normalized spacial score (nSPS) is 18.3. The number of carbonyl (C=O) groups is 1. The highest BCUT2D eigenvalue weighted by Crippen LogP contribution is 2.47. The maximum Gasteiger partial charge on any atom is 0.395 e. The standard InChI is InChI=1S/C11H15ClF6N2O2/c12-11(17,18)10(15,16)9(13,14)8(21)19-2-1-3-20-4-6-22-7-5-20/h1-7H2,(H,19,21). The molecule has 0 saturated carbocycles. The zero-order valence-electron chi connectivity index (χ0n) is 11.4. The molecule has 22 heavy (non-hydrogen) atoms. The van der Waals surface area contributed by atoms with Crippen molar-refractivity contribution in [2.24, 2.45) is 0 Å². The Kier molecular flexibility index (Phi) is 6.34. The Morgan fingerprint density at radius 3 is 2.18 bits per heavy atom. The first-order valence-electron chi connectivity index (χ1n) is 6.41. The average molecular weight is 357 g/mol. The molecule has 0 aromatic heterocycles. The maximum absolute atomic E-state index is 13.1. The van der Waals surface area contributed by atoms with E-state index in [2.05, 4.69) is 11.6 Å². The number of ether oxygens (including phenoxy) is 1. The summed E-state index contributed by atoms with van der Waals surface area (Å²) in [6, 6.07) is 0. The Labute approximate surface area is 127 Å². The van der Waals surface area contributed by atoms with Crippen molar-refractivity contribution in [3.8, 4) is 0 Å². The molecular formula is C11H15ClF6N2O2. The molecule has 4 nitrogen and oxygen atoms in total. The lowest BCUT2D eigenvalue weighted by Crippen LogP contribution is -2.59. The molecule has 1 rings (SSSR count). The highest BCUT2D eigenvalue weighted by molar-refractivity contribution is 6.22. The smallest absolute Gasteiger partial charge is 0.379 e. The van der Waals surface area contributed by atoms with Crippen molar-refractivity contribution in [1.29, 1.82) is 0 Å². The van der Waals surface area contributed by atoms with Gasteiger partial charge in [-0.05, 0) is 24.6 Å². The molecule has 0 unspecified atom stereocenters. The SMILES string of the molecule is O=C(NCCCN1CCOCC1)C(F)(F)C(F)(F)C(F)(F)Cl. The molecule has 1 amide bonds. The van der Waals surface area contributed by atoms with E-state index in [1.807, 2.05) is 4.90 Å². The van der Waals surface area contributed by atoms with Crippen molar-refractivity contribution >= 4 is 17.5 Å². The lowest BCUT2D eigenvalue weighted by atomic mass is 10.1. The third kappa shape index (κ3) is 4.39. The summed E-state index contributed by atoms with van der Waals surface area (Å²) >= 11 is 3.95. The van der Waals surface area contributed by atoms with Crippen molar-refractivity contribution < 1.29 is 35.9 Å². The predicted octanol–water partition coefficient (Wildman–Crippen LogP) is 1.93. The van der Waals surface area contributed by atoms with Gasteiger partial charge in [0.1, 0.15) is 0 Å². The number of halogens is 7. The molecule has 1 N–H and O–H groups in total. The quantitative estimate of drug-likeness (QED) is 0.430. The molecule has 130 valence electrons. The van der Waals surface area contributed by atoms with E-state index in [0.29, 0.717) is 32.8 Å². The molecular weight excluding hydrogens is 342 g/mol. The number of amides is 1. The van der Waals surface area contributed by atoms with E-state index in [4.69, 9.17) is 4.74 Å². The van der Waals surface area contributed by atoms with E-state index >= 15 is 0 Å². The fourth-order valence-corrected chi connectivity index (χ4v) is 1.88. The summed E-state index contributed by atoms with van der Waals surface area (Å²) in [7, 11) is 0. The van der Waals surface area contributed by atoms with Gasteiger partial charge in [-0.1, -0.05) is 0 Å². The monoisotopic (exact) mass is 356 g/mol. The second kappa shape index (κ2) is 7.22. The number of alkyl halides is 7. The largest absolute Gasteiger partial charge is 0.395 e. The van der Waals surface area contributed by atoms with Gasteiger partial charge in [0.25, 0.3) is 5.91 Å². The molecule has 0 spiro atoms. The first-order valence-corrected chi connectivity index (χ1v) is 6.78. The van der Waals surface area contributed by atoms with Gasteiger partial charge in [0, 0.05) is 19.6 Å². The lowest BCUT2D eigenvalue weighted by molar-refractivity contribution is -0.269. The molecule has 0 radical (unpaired) electrons. The van der Waals surface area contributed by atoms with Crippen molar-refractivity contribution in [2.45, 2.75) is 23.6 Å². The van der Waals surface area contributed by atoms with Gasteiger partial charge in [-0.15, -0.1) is 0 Å². The number of hydrogen-bond donors (Lipinski definition) is 1. The Hall–Kier alpha value is -0.740. The highest BCUT2D eigenvalue weighted by Gasteiger charge is 2.74. The minimum Gasteiger partial charge on any atom is -0.379 e. The van der Waals surface area contributed by atoms with Crippen LogP contribution in [-0.4, -0.2) is 67.4 Å². The van der Waals surface area contributed by atoms with Gasteiger partial charge in [-0.25, -0.2) is 0 Å². The summed E-state index contributed by atoms with van der Waals surface area (Å²) in [6.45, 7) is 2.36. The summed E-state index contributed by atoms with van der Waals surface area (Å²) in [5, 5.41) is -4.02. The Balaban J connectivity index is 2.43. The second-order valence-electron chi connectivity index (χ2n) is 4.71. The number of carbonyl (C=O) groups excluding carboxylic acids is 1. The number of rotatable bonds is 7. The lowest BCUT2D eigenvalue weighted by Gasteiger charge is -2.28. The number of nitrogens with one attached hydrogen (secondary N) is 1. The zero-order valence-corrected chi connectivity index (χ0v) is 12.1. The van der Waals surface area contributed by atoms with Crippen LogP contribution in [0.5, 0.6) is 0 Å². The van der Waals surface area contributed by atoms with Gasteiger partial charge in [-0.2, -0.15) is 26.3 Å². The number of hydrogen-bond acceptors (Lipinski definition) is 3. The van der Waals surface area contributed by atoms with E-state index in [0.717, 1.165) is 0 Å².